The number of carbonyl (C=O) groups excluding carboxylic acids is 1. The standard InChI is InChI=1S/C13H8F2N2O2S/c1-19-13(18)12-9(16)7-4-17-10-6(11(7)20-12)2-5(14)3-8(10)15/h2-4H,16H2,1H3. The summed E-state index contributed by atoms with van der Waals surface area (Å²) in [6, 6.07) is 1.93. The summed E-state index contributed by atoms with van der Waals surface area (Å²) in [5.41, 5.74) is 6.11. The number of nitrogen functional groups attached to an aromatic ring is 1. The van der Waals surface area contributed by atoms with Crippen LogP contribution < -0.4 is 5.73 Å². The number of aromatic nitrogens is 1. The molecular formula is C13H8F2N2O2S. The van der Waals surface area contributed by atoms with Crippen molar-refractivity contribution in [1.29, 1.82) is 0 Å². The zero-order valence-electron chi connectivity index (χ0n) is 10.2. The maximum atomic E-state index is 13.7. The Labute approximate surface area is 115 Å². The molecule has 0 aliphatic heterocycles. The molecule has 2 aromatic heterocycles. The molecule has 3 aromatic rings. The lowest BCUT2D eigenvalue weighted by Crippen LogP contribution is -2.01. The second-order valence-electron chi connectivity index (χ2n) is 4.12. The Balaban J connectivity index is 2.45. The molecule has 0 radical (unpaired) electrons. The van der Waals surface area contributed by atoms with Crippen LogP contribution in [0.25, 0.3) is 21.0 Å². The highest BCUT2D eigenvalue weighted by Crippen LogP contribution is 2.38. The summed E-state index contributed by atoms with van der Waals surface area (Å²) in [4.78, 5) is 15.8. The Morgan fingerprint density at radius 1 is 1.35 bits per heavy atom. The minimum absolute atomic E-state index is 0.0385. The molecule has 0 spiro atoms. The molecule has 0 saturated carbocycles. The topological polar surface area (TPSA) is 65.2 Å². The van der Waals surface area contributed by atoms with Crippen molar-refractivity contribution in [3.05, 3.63) is 34.8 Å². The van der Waals surface area contributed by atoms with E-state index in [0.29, 0.717) is 10.1 Å². The number of pyridine rings is 1. The average Bonchev–Trinajstić information content (AvgIpc) is 2.76. The van der Waals surface area contributed by atoms with E-state index in [4.69, 9.17) is 5.73 Å². The molecule has 0 amide bonds. The summed E-state index contributed by atoms with van der Waals surface area (Å²) in [6.07, 6.45) is 1.37. The molecule has 20 heavy (non-hydrogen) atoms. The summed E-state index contributed by atoms with van der Waals surface area (Å²) in [5, 5.41) is 0.764. The molecule has 2 heterocycles. The van der Waals surface area contributed by atoms with E-state index in [-0.39, 0.29) is 21.5 Å². The summed E-state index contributed by atoms with van der Waals surface area (Å²) >= 11 is 1.03. The number of rotatable bonds is 1. The highest BCUT2D eigenvalue weighted by molar-refractivity contribution is 7.22. The summed E-state index contributed by atoms with van der Waals surface area (Å²) in [6.45, 7) is 0. The Hall–Kier alpha value is -2.28. The third-order valence-corrected chi connectivity index (χ3v) is 4.18. The van der Waals surface area contributed by atoms with Gasteiger partial charge in [-0.1, -0.05) is 0 Å². The number of thiophene rings is 1. The predicted octanol–water partition coefficient (Wildman–Crippen LogP) is 3.10. The lowest BCUT2D eigenvalue weighted by molar-refractivity contribution is 0.0607. The van der Waals surface area contributed by atoms with Crippen LogP contribution >= 0.6 is 11.3 Å². The van der Waals surface area contributed by atoms with Gasteiger partial charge in [0.15, 0.2) is 5.82 Å². The summed E-state index contributed by atoms with van der Waals surface area (Å²) in [5.74, 6) is -2.06. The van der Waals surface area contributed by atoms with E-state index in [1.807, 2.05) is 0 Å². The van der Waals surface area contributed by atoms with Crippen molar-refractivity contribution >= 4 is 44.0 Å². The van der Waals surface area contributed by atoms with Crippen LogP contribution in [0.15, 0.2) is 18.3 Å². The minimum Gasteiger partial charge on any atom is -0.465 e. The van der Waals surface area contributed by atoms with Gasteiger partial charge in [-0.25, -0.2) is 13.6 Å². The summed E-state index contributed by atoms with van der Waals surface area (Å²) < 4.78 is 32.2. The molecular weight excluding hydrogens is 286 g/mol. The smallest absolute Gasteiger partial charge is 0.350 e. The lowest BCUT2D eigenvalue weighted by Gasteiger charge is -2.00. The first-order valence-electron chi connectivity index (χ1n) is 5.57. The molecule has 2 N–H and O–H groups in total. The first-order chi connectivity index (χ1) is 9.52. The van der Waals surface area contributed by atoms with Crippen molar-refractivity contribution in [2.24, 2.45) is 0 Å². The van der Waals surface area contributed by atoms with Crippen LogP contribution in [-0.4, -0.2) is 18.1 Å². The minimum atomic E-state index is -0.756. The number of anilines is 1. The zero-order chi connectivity index (χ0) is 14.4. The number of fused-ring (bicyclic) bond motifs is 3. The van der Waals surface area contributed by atoms with Crippen LogP contribution in [0.3, 0.4) is 0 Å². The van der Waals surface area contributed by atoms with Gasteiger partial charge >= 0.3 is 5.97 Å². The normalized spacial score (nSPS) is 11.2. The number of nitrogens with zero attached hydrogens (tertiary/aromatic N) is 1. The van der Waals surface area contributed by atoms with Crippen LogP contribution in [0.2, 0.25) is 0 Å². The van der Waals surface area contributed by atoms with E-state index in [9.17, 15) is 13.6 Å². The highest BCUT2D eigenvalue weighted by Gasteiger charge is 2.20. The summed E-state index contributed by atoms with van der Waals surface area (Å²) in [7, 11) is 1.24. The van der Waals surface area contributed by atoms with Gasteiger partial charge in [0.1, 0.15) is 16.2 Å². The van der Waals surface area contributed by atoms with E-state index in [1.165, 1.54) is 19.4 Å². The number of hydrogen-bond acceptors (Lipinski definition) is 5. The third kappa shape index (κ3) is 1.70. The zero-order valence-corrected chi connectivity index (χ0v) is 11.1. The SMILES string of the molecule is COC(=O)c1sc2c(cnc3c(F)cc(F)cc32)c1N. The van der Waals surface area contributed by atoms with Gasteiger partial charge in [-0.05, 0) is 6.07 Å². The van der Waals surface area contributed by atoms with Gasteiger partial charge in [0, 0.05) is 27.7 Å². The molecule has 3 rings (SSSR count). The van der Waals surface area contributed by atoms with Gasteiger partial charge in [0.2, 0.25) is 0 Å². The van der Waals surface area contributed by atoms with E-state index in [2.05, 4.69) is 9.72 Å². The molecule has 4 nitrogen and oxygen atoms in total. The average molecular weight is 294 g/mol. The maximum absolute atomic E-state index is 13.7. The van der Waals surface area contributed by atoms with E-state index >= 15 is 0 Å². The van der Waals surface area contributed by atoms with Crippen LogP contribution in [0, 0.1) is 11.6 Å². The van der Waals surface area contributed by atoms with Crippen molar-refractivity contribution in [2.75, 3.05) is 12.8 Å². The molecule has 0 unspecified atom stereocenters. The van der Waals surface area contributed by atoms with Gasteiger partial charge in [-0.2, -0.15) is 0 Å². The van der Waals surface area contributed by atoms with Crippen LogP contribution in [0.1, 0.15) is 9.67 Å². The lowest BCUT2D eigenvalue weighted by atomic mass is 10.1. The fraction of sp³-hybridized carbons (Fsp3) is 0.0769. The molecule has 0 bridgehead atoms. The van der Waals surface area contributed by atoms with E-state index in [1.54, 1.807) is 0 Å². The van der Waals surface area contributed by atoms with Gasteiger partial charge < -0.3 is 10.5 Å². The molecule has 7 heteroatoms. The molecule has 0 aliphatic rings. The van der Waals surface area contributed by atoms with Crippen molar-refractivity contribution in [3.8, 4) is 0 Å². The largest absolute Gasteiger partial charge is 0.465 e. The predicted molar refractivity (Wildman–Crippen MR) is 72.8 cm³/mol. The molecule has 1 aromatic carbocycles. The number of carbonyl (C=O) groups is 1. The Kier molecular flexibility index (Phi) is 2.79. The van der Waals surface area contributed by atoms with Crippen LogP contribution in [-0.2, 0) is 4.74 Å². The Bertz CT molecular complexity index is 861. The molecule has 0 fully saturated rings. The van der Waals surface area contributed by atoms with Gasteiger partial charge in [0.05, 0.1) is 12.8 Å². The maximum Gasteiger partial charge on any atom is 0.350 e. The van der Waals surface area contributed by atoms with E-state index < -0.39 is 17.6 Å². The van der Waals surface area contributed by atoms with Crippen molar-refractivity contribution in [3.63, 3.8) is 0 Å². The molecule has 0 atom stereocenters. The van der Waals surface area contributed by atoms with Crippen LogP contribution in [0.5, 0.6) is 0 Å². The van der Waals surface area contributed by atoms with E-state index in [0.717, 1.165) is 17.4 Å². The van der Waals surface area contributed by atoms with Gasteiger partial charge in [0.25, 0.3) is 0 Å². The second kappa shape index (κ2) is 4.38. The van der Waals surface area contributed by atoms with Gasteiger partial charge in [-0.3, -0.25) is 4.98 Å². The first kappa shape index (κ1) is 12.7. The Morgan fingerprint density at radius 2 is 2.10 bits per heavy atom. The molecule has 102 valence electrons. The fourth-order valence-electron chi connectivity index (χ4n) is 2.03. The van der Waals surface area contributed by atoms with Crippen molar-refractivity contribution < 1.29 is 18.3 Å². The quantitative estimate of drug-likeness (QED) is 0.700. The number of benzene rings is 1. The van der Waals surface area contributed by atoms with Gasteiger partial charge in [-0.15, -0.1) is 11.3 Å². The molecule has 0 aliphatic carbocycles. The Morgan fingerprint density at radius 3 is 2.80 bits per heavy atom. The van der Waals surface area contributed by atoms with Crippen molar-refractivity contribution in [1.82, 2.24) is 4.98 Å². The number of nitrogens with two attached hydrogens (primary N) is 1. The van der Waals surface area contributed by atoms with Crippen LogP contribution in [0.4, 0.5) is 14.5 Å². The number of hydrogen-bond donors (Lipinski definition) is 1. The number of methoxy groups -OCH3 is 1. The molecule has 0 saturated heterocycles. The third-order valence-electron chi connectivity index (χ3n) is 2.95. The second-order valence-corrected chi connectivity index (χ2v) is 5.14. The first-order valence-corrected chi connectivity index (χ1v) is 6.38. The monoisotopic (exact) mass is 294 g/mol. The fourth-order valence-corrected chi connectivity index (χ4v) is 3.16. The highest BCUT2D eigenvalue weighted by atomic mass is 32.1. The number of halogens is 2. The van der Waals surface area contributed by atoms with Crippen molar-refractivity contribution in [2.45, 2.75) is 0 Å². The number of esters is 1. The number of ether oxygens (including phenoxy) is 1.